The predicted octanol–water partition coefficient (Wildman–Crippen LogP) is 1.53. The fourth-order valence-corrected chi connectivity index (χ4v) is 1.53. The van der Waals surface area contributed by atoms with E-state index in [9.17, 15) is 0 Å². The van der Waals surface area contributed by atoms with Gasteiger partial charge in [0.15, 0.2) is 6.20 Å². The smallest absolute Gasteiger partial charge is 0.161 e. The molecular weight excluding hydrogens is 157 g/mol. The summed E-state index contributed by atoms with van der Waals surface area (Å²) in [5.41, 5.74) is 1.35. The van der Waals surface area contributed by atoms with E-state index in [0.717, 1.165) is 0 Å². The zero-order valence-electron chi connectivity index (χ0n) is 7.72. The molecular formula is C11H12BN. The van der Waals surface area contributed by atoms with Gasteiger partial charge in [0.2, 0.25) is 0 Å². The zero-order valence-corrected chi connectivity index (χ0v) is 7.72. The van der Waals surface area contributed by atoms with Crippen molar-refractivity contribution in [2.45, 2.75) is 0 Å². The molecule has 0 radical (unpaired) electrons. The van der Waals surface area contributed by atoms with E-state index in [0.29, 0.717) is 6.34 Å². The van der Waals surface area contributed by atoms with Crippen LogP contribution in [0.25, 0.3) is 5.46 Å². The molecule has 2 rings (SSSR count). The van der Waals surface area contributed by atoms with Gasteiger partial charge in [-0.1, -0.05) is 30.3 Å². The largest absolute Gasteiger partial charge is 0.250 e. The number of nitrogens with zero attached hydrogens (tertiary/aromatic N) is 1. The molecule has 2 aromatic rings. The number of rotatable bonds is 1. The Morgan fingerprint density at radius 2 is 1.85 bits per heavy atom. The second-order valence-electron chi connectivity index (χ2n) is 3.28. The molecule has 64 valence electrons. The number of aromatic nitrogens is 1. The highest BCUT2D eigenvalue weighted by molar-refractivity contribution is 6.62. The lowest BCUT2D eigenvalue weighted by Crippen LogP contribution is -2.29. The van der Waals surface area contributed by atoms with E-state index in [1.54, 1.807) is 0 Å². The highest BCUT2D eigenvalue weighted by Gasteiger charge is 1.88. The van der Waals surface area contributed by atoms with Crippen LogP contribution in [0, 0.1) is 0 Å². The number of aryl methyl sites for hydroxylation is 1. The van der Waals surface area contributed by atoms with E-state index < -0.39 is 0 Å². The van der Waals surface area contributed by atoms with Crippen LogP contribution in [0.15, 0.2) is 54.6 Å². The molecule has 0 bridgehead atoms. The fraction of sp³-hybridized carbons (Fsp3) is 0.0909. The Kier molecular flexibility index (Phi) is 2.22. The van der Waals surface area contributed by atoms with E-state index in [-0.39, 0.29) is 0 Å². The molecule has 13 heavy (non-hydrogen) atoms. The minimum absolute atomic E-state index is 0.427. The quantitative estimate of drug-likeness (QED) is 0.570. The van der Waals surface area contributed by atoms with Crippen molar-refractivity contribution in [2.75, 3.05) is 0 Å². The summed E-state index contributed by atoms with van der Waals surface area (Å²) in [4.78, 5) is 0. The molecule has 0 aliphatic heterocycles. The molecule has 0 unspecified atom stereocenters. The number of hydrogen-bond donors (Lipinski definition) is 0. The molecule has 0 saturated heterocycles. The average Bonchev–Trinajstić information content (AvgIpc) is 2.19. The van der Waals surface area contributed by atoms with Gasteiger partial charge in [-0.25, -0.2) is 11.4 Å². The van der Waals surface area contributed by atoms with Crippen LogP contribution >= 0.6 is 0 Å². The standard InChI is InChI=1S/C11H12BN/c1-13-9-5-8-12(10-13)11-6-3-2-4-7-11/h2-10H,1H3. The summed E-state index contributed by atoms with van der Waals surface area (Å²) >= 11 is 0. The minimum Gasteiger partial charge on any atom is -0.250 e. The Morgan fingerprint density at radius 3 is 2.54 bits per heavy atom. The Hall–Kier alpha value is -1.44. The average molecular weight is 169 g/mol. The second-order valence-corrected chi connectivity index (χ2v) is 3.28. The van der Waals surface area contributed by atoms with Crippen molar-refractivity contribution in [3.8, 4) is 5.46 Å². The normalized spacial score (nSPS) is 9.92. The molecule has 2 heteroatoms. The van der Waals surface area contributed by atoms with Crippen LogP contribution in [-0.4, -0.2) is 6.34 Å². The number of benzene rings is 1. The van der Waals surface area contributed by atoms with Gasteiger partial charge in [0.05, 0.1) is 0 Å². The molecule has 1 aromatic heterocycles. The van der Waals surface area contributed by atoms with Crippen molar-refractivity contribution in [3.63, 3.8) is 0 Å². The van der Waals surface area contributed by atoms with Crippen LogP contribution in [0.2, 0.25) is 0 Å². The third kappa shape index (κ3) is 1.83. The van der Waals surface area contributed by atoms with Crippen LogP contribution in [0.1, 0.15) is 0 Å². The first-order valence-corrected chi connectivity index (χ1v) is 4.50. The summed E-state index contributed by atoms with van der Waals surface area (Å²) in [6.45, 7) is 0. The summed E-state index contributed by atoms with van der Waals surface area (Å²) in [5, 5.41) is 0. The van der Waals surface area contributed by atoms with Gasteiger partial charge in [-0.3, -0.25) is 4.57 Å². The van der Waals surface area contributed by atoms with Crippen LogP contribution < -0.4 is 4.57 Å². The van der Waals surface area contributed by atoms with Gasteiger partial charge in [-0.2, -0.15) is 0 Å². The molecule has 0 atom stereocenters. The Balaban J connectivity index is 2.48. The fourth-order valence-electron chi connectivity index (χ4n) is 1.53. The molecule has 1 heterocycles. The van der Waals surface area contributed by atoms with Crippen LogP contribution in [-0.2, 0) is 7.05 Å². The topological polar surface area (TPSA) is 3.88 Å². The Labute approximate surface area is 78.7 Å². The summed E-state index contributed by atoms with van der Waals surface area (Å²) in [6, 6.07) is 12.6. The van der Waals surface area contributed by atoms with E-state index >= 15 is 0 Å². The lowest BCUT2D eigenvalue weighted by molar-refractivity contribution is -0.669. The predicted molar refractivity (Wildman–Crippen MR) is 54.9 cm³/mol. The molecule has 0 aliphatic carbocycles. The van der Waals surface area contributed by atoms with Gasteiger partial charge in [-0.05, 0) is 18.5 Å². The van der Waals surface area contributed by atoms with Gasteiger partial charge in [0.1, 0.15) is 7.05 Å². The first-order chi connectivity index (χ1) is 6.36. The van der Waals surface area contributed by atoms with Crippen molar-refractivity contribution in [1.82, 2.24) is 0 Å². The zero-order chi connectivity index (χ0) is 9.10. The highest BCUT2D eigenvalue weighted by atomic mass is 14.9. The second kappa shape index (κ2) is 3.52. The molecule has 0 N–H and O–H groups in total. The van der Waals surface area contributed by atoms with Crippen molar-refractivity contribution in [2.24, 2.45) is 7.05 Å². The maximum absolute atomic E-state index is 2.20. The van der Waals surface area contributed by atoms with E-state index in [1.807, 2.05) is 6.07 Å². The lowest BCUT2D eigenvalue weighted by Gasteiger charge is -2.08. The summed E-state index contributed by atoms with van der Waals surface area (Å²) < 4.78 is 2.09. The summed E-state index contributed by atoms with van der Waals surface area (Å²) in [7, 11) is 2.06. The maximum atomic E-state index is 2.20. The Bertz CT molecular complexity index is 398. The lowest BCUT2D eigenvalue weighted by atomic mass is 9.61. The number of hydrogen-bond acceptors (Lipinski definition) is 0. The molecule has 0 amide bonds. The third-order valence-corrected chi connectivity index (χ3v) is 2.22. The first kappa shape index (κ1) is 8.18. The summed E-state index contributed by atoms with van der Waals surface area (Å²) in [6.07, 6.45) is 4.69. The monoisotopic (exact) mass is 169 g/mol. The van der Waals surface area contributed by atoms with E-state index in [4.69, 9.17) is 0 Å². The van der Waals surface area contributed by atoms with Crippen molar-refractivity contribution < 1.29 is 4.57 Å². The van der Waals surface area contributed by atoms with E-state index in [2.05, 4.69) is 60.2 Å². The van der Waals surface area contributed by atoms with Crippen molar-refractivity contribution >= 4 is 6.34 Å². The molecule has 0 saturated carbocycles. The van der Waals surface area contributed by atoms with Crippen LogP contribution in [0.3, 0.4) is 0 Å². The van der Waals surface area contributed by atoms with Gasteiger partial charge in [0.25, 0.3) is 0 Å². The van der Waals surface area contributed by atoms with Crippen LogP contribution in [0.5, 0.6) is 0 Å². The molecule has 0 aliphatic rings. The third-order valence-electron chi connectivity index (χ3n) is 2.22. The van der Waals surface area contributed by atoms with Crippen LogP contribution in [0.4, 0.5) is 0 Å². The van der Waals surface area contributed by atoms with Gasteiger partial charge in [-0.15, -0.1) is 0 Å². The maximum Gasteiger partial charge on any atom is 0.161 e. The SMILES string of the molecule is C[n+]1ccc[b-](-c2ccccc2)c1. The highest BCUT2D eigenvalue weighted by Crippen LogP contribution is 2.02. The van der Waals surface area contributed by atoms with Gasteiger partial charge < -0.3 is 0 Å². The van der Waals surface area contributed by atoms with Crippen molar-refractivity contribution in [3.05, 3.63) is 54.6 Å². The van der Waals surface area contributed by atoms with Crippen molar-refractivity contribution in [1.29, 1.82) is 0 Å². The van der Waals surface area contributed by atoms with Gasteiger partial charge in [0, 0.05) is 0 Å². The minimum atomic E-state index is 0.427. The van der Waals surface area contributed by atoms with E-state index in [1.165, 1.54) is 5.46 Å². The first-order valence-electron chi connectivity index (χ1n) is 4.50. The molecule has 1 nitrogen and oxygen atoms in total. The molecule has 0 fully saturated rings. The summed E-state index contributed by atoms with van der Waals surface area (Å²) in [5.74, 6) is 2.20. The Morgan fingerprint density at radius 1 is 1.08 bits per heavy atom. The van der Waals surface area contributed by atoms with Gasteiger partial charge >= 0.3 is 0 Å². The molecule has 1 aromatic carbocycles. The molecule has 0 spiro atoms.